The highest BCUT2D eigenvalue weighted by Crippen LogP contribution is 2.15. The molecule has 0 aliphatic carbocycles. The highest BCUT2D eigenvalue weighted by molar-refractivity contribution is 9.10. The minimum absolute atomic E-state index is 0.579. The Labute approximate surface area is 132 Å². The molecule has 0 unspecified atom stereocenters. The molecule has 0 amide bonds. The molecule has 0 radical (unpaired) electrons. The van der Waals surface area contributed by atoms with Gasteiger partial charge in [0.2, 0.25) is 0 Å². The van der Waals surface area contributed by atoms with Gasteiger partial charge in [0.05, 0.1) is 6.54 Å². The van der Waals surface area contributed by atoms with Crippen molar-refractivity contribution in [1.29, 1.82) is 0 Å². The van der Waals surface area contributed by atoms with Crippen molar-refractivity contribution in [3.8, 4) is 0 Å². The fourth-order valence-electron chi connectivity index (χ4n) is 1.90. The van der Waals surface area contributed by atoms with Crippen molar-refractivity contribution in [1.82, 2.24) is 25.4 Å². The van der Waals surface area contributed by atoms with Crippen molar-refractivity contribution in [3.05, 3.63) is 46.0 Å². The van der Waals surface area contributed by atoms with Crippen molar-refractivity contribution in [2.24, 2.45) is 12.0 Å². The zero-order valence-electron chi connectivity index (χ0n) is 12.4. The summed E-state index contributed by atoms with van der Waals surface area (Å²) in [5.74, 6) is 1.60. The van der Waals surface area contributed by atoms with E-state index in [-0.39, 0.29) is 0 Å². The van der Waals surface area contributed by atoms with Gasteiger partial charge in [-0.25, -0.2) is 4.98 Å². The zero-order chi connectivity index (χ0) is 15.2. The third-order valence-corrected chi connectivity index (χ3v) is 3.69. The number of nitrogens with zero attached hydrogens (tertiary/aromatic N) is 4. The molecule has 2 N–H and O–H groups in total. The largest absolute Gasteiger partial charge is 0.352 e. The van der Waals surface area contributed by atoms with Crippen molar-refractivity contribution in [2.75, 3.05) is 7.05 Å². The van der Waals surface area contributed by atoms with Crippen LogP contribution in [0.1, 0.15) is 17.0 Å². The molecule has 0 spiro atoms. The summed E-state index contributed by atoms with van der Waals surface area (Å²) in [7, 11) is 3.62. The molecule has 0 bridgehead atoms. The first kappa shape index (κ1) is 15.5. The Bertz CT molecular complexity index is 634. The number of aryl methyl sites for hydroxylation is 2. The van der Waals surface area contributed by atoms with Crippen LogP contribution in [0.15, 0.2) is 34.0 Å². The SMILES string of the molecule is CN=C(NCc1ccc(Br)cc1C)NCc1ncnn1C. The average molecular weight is 351 g/mol. The first-order chi connectivity index (χ1) is 10.1. The van der Waals surface area contributed by atoms with Gasteiger partial charge < -0.3 is 10.6 Å². The summed E-state index contributed by atoms with van der Waals surface area (Å²) in [6, 6.07) is 6.24. The standard InChI is InChI=1S/C14H19BrN6/c1-10-6-12(15)5-4-11(10)7-17-14(16-2)18-8-13-19-9-20-21(13)3/h4-6,9H,7-8H2,1-3H3,(H2,16,17,18). The van der Waals surface area contributed by atoms with Crippen molar-refractivity contribution < 1.29 is 0 Å². The Morgan fingerprint density at radius 3 is 2.71 bits per heavy atom. The molecule has 1 heterocycles. The van der Waals surface area contributed by atoms with E-state index < -0.39 is 0 Å². The number of hydrogen-bond donors (Lipinski definition) is 2. The van der Waals surface area contributed by atoms with Gasteiger partial charge in [0.25, 0.3) is 0 Å². The minimum atomic E-state index is 0.579. The van der Waals surface area contributed by atoms with Gasteiger partial charge in [-0.3, -0.25) is 9.67 Å². The van der Waals surface area contributed by atoms with E-state index in [0.717, 1.165) is 22.8 Å². The molecule has 2 aromatic rings. The molecule has 0 saturated carbocycles. The molecule has 1 aromatic heterocycles. The van der Waals surface area contributed by atoms with Crippen LogP contribution in [0.5, 0.6) is 0 Å². The molecule has 7 heteroatoms. The predicted octanol–water partition coefficient (Wildman–Crippen LogP) is 1.75. The fraction of sp³-hybridized carbons (Fsp3) is 0.357. The number of benzene rings is 1. The van der Waals surface area contributed by atoms with E-state index in [2.05, 4.69) is 60.7 Å². The Morgan fingerprint density at radius 2 is 2.10 bits per heavy atom. The second kappa shape index (κ2) is 7.21. The van der Waals surface area contributed by atoms with E-state index >= 15 is 0 Å². The van der Waals surface area contributed by atoms with Gasteiger partial charge in [-0.1, -0.05) is 22.0 Å². The second-order valence-corrected chi connectivity index (χ2v) is 5.57. The molecular formula is C14H19BrN6. The van der Waals surface area contributed by atoms with Crippen LogP contribution >= 0.6 is 15.9 Å². The molecule has 0 aliphatic heterocycles. The maximum atomic E-state index is 4.21. The van der Waals surface area contributed by atoms with E-state index in [9.17, 15) is 0 Å². The van der Waals surface area contributed by atoms with E-state index in [1.165, 1.54) is 11.1 Å². The van der Waals surface area contributed by atoms with Gasteiger partial charge in [-0.05, 0) is 30.2 Å². The number of aromatic nitrogens is 3. The number of hydrogen-bond acceptors (Lipinski definition) is 3. The van der Waals surface area contributed by atoms with Gasteiger partial charge in [0, 0.05) is 25.1 Å². The maximum absolute atomic E-state index is 4.21. The highest BCUT2D eigenvalue weighted by atomic mass is 79.9. The van der Waals surface area contributed by atoms with Crippen LogP contribution in [0.2, 0.25) is 0 Å². The van der Waals surface area contributed by atoms with E-state index in [1.54, 1.807) is 18.1 Å². The number of guanidine groups is 1. The summed E-state index contributed by atoms with van der Waals surface area (Å²) in [5.41, 5.74) is 2.47. The lowest BCUT2D eigenvalue weighted by molar-refractivity contribution is 0.672. The normalized spacial score (nSPS) is 11.5. The van der Waals surface area contributed by atoms with E-state index in [0.29, 0.717) is 6.54 Å². The molecule has 0 atom stereocenters. The number of aliphatic imine (C=N–C) groups is 1. The van der Waals surface area contributed by atoms with Crippen LogP contribution in [0.4, 0.5) is 0 Å². The van der Waals surface area contributed by atoms with Gasteiger partial charge in [0.1, 0.15) is 12.2 Å². The molecule has 0 saturated heterocycles. The Morgan fingerprint density at radius 1 is 1.33 bits per heavy atom. The summed E-state index contributed by atoms with van der Waals surface area (Å²) < 4.78 is 2.83. The number of nitrogens with one attached hydrogen (secondary N) is 2. The summed E-state index contributed by atoms with van der Waals surface area (Å²) in [4.78, 5) is 8.37. The third-order valence-electron chi connectivity index (χ3n) is 3.19. The monoisotopic (exact) mass is 350 g/mol. The molecule has 0 aliphatic rings. The van der Waals surface area contributed by atoms with E-state index in [4.69, 9.17) is 0 Å². The first-order valence-electron chi connectivity index (χ1n) is 6.62. The molecule has 1 aromatic carbocycles. The van der Waals surface area contributed by atoms with Gasteiger partial charge in [0.15, 0.2) is 5.96 Å². The topological polar surface area (TPSA) is 67.1 Å². The molecule has 112 valence electrons. The van der Waals surface area contributed by atoms with E-state index in [1.807, 2.05) is 13.1 Å². The van der Waals surface area contributed by atoms with Crippen LogP contribution in [-0.4, -0.2) is 27.8 Å². The summed E-state index contributed by atoms with van der Waals surface area (Å²) in [6.45, 7) is 3.39. The van der Waals surface area contributed by atoms with Gasteiger partial charge in [-0.15, -0.1) is 0 Å². The van der Waals surface area contributed by atoms with Crippen molar-refractivity contribution >= 4 is 21.9 Å². The smallest absolute Gasteiger partial charge is 0.191 e. The Hall–Kier alpha value is -1.89. The van der Waals surface area contributed by atoms with Crippen LogP contribution in [0.3, 0.4) is 0 Å². The third kappa shape index (κ3) is 4.29. The second-order valence-electron chi connectivity index (χ2n) is 4.65. The lowest BCUT2D eigenvalue weighted by Crippen LogP contribution is -2.37. The molecule has 6 nitrogen and oxygen atoms in total. The zero-order valence-corrected chi connectivity index (χ0v) is 14.0. The lowest BCUT2D eigenvalue weighted by Gasteiger charge is -2.13. The van der Waals surface area contributed by atoms with Crippen LogP contribution in [-0.2, 0) is 20.1 Å². The summed E-state index contributed by atoms with van der Waals surface area (Å²) >= 11 is 3.47. The quantitative estimate of drug-likeness (QED) is 0.651. The number of halogens is 1. The average Bonchev–Trinajstić information content (AvgIpc) is 2.86. The lowest BCUT2D eigenvalue weighted by atomic mass is 10.1. The molecule has 0 fully saturated rings. The minimum Gasteiger partial charge on any atom is -0.352 e. The highest BCUT2D eigenvalue weighted by Gasteiger charge is 2.04. The fourth-order valence-corrected chi connectivity index (χ4v) is 2.38. The molecular weight excluding hydrogens is 332 g/mol. The van der Waals surface area contributed by atoms with Gasteiger partial charge >= 0.3 is 0 Å². The van der Waals surface area contributed by atoms with Crippen LogP contribution in [0.25, 0.3) is 0 Å². The Balaban J connectivity index is 1.89. The maximum Gasteiger partial charge on any atom is 0.191 e. The number of rotatable bonds is 4. The van der Waals surface area contributed by atoms with Crippen molar-refractivity contribution in [2.45, 2.75) is 20.0 Å². The molecule has 21 heavy (non-hydrogen) atoms. The van der Waals surface area contributed by atoms with Crippen LogP contribution < -0.4 is 10.6 Å². The first-order valence-corrected chi connectivity index (χ1v) is 7.42. The van der Waals surface area contributed by atoms with Gasteiger partial charge in [-0.2, -0.15) is 5.10 Å². The summed E-state index contributed by atoms with van der Waals surface area (Å²) in [6.07, 6.45) is 1.54. The van der Waals surface area contributed by atoms with Crippen molar-refractivity contribution in [3.63, 3.8) is 0 Å². The molecule has 2 rings (SSSR count). The summed E-state index contributed by atoms with van der Waals surface area (Å²) in [5, 5.41) is 10.5. The van der Waals surface area contributed by atoms with Crippen LogP contribution in [0, 0.1) is 6.92 Å². The Kier molecular flexibility index (Phi) is 5.32. The predicted molar refractivity (Wildman–Crippen MR) is 86.9 cm³/mol.